The second-order valence-corrected chi connectivity index (χ2v) is 5.32. The Bertz CT molecular complexity index is 622. The lowest BCUT2D eigenvalue weighted by atomic mass is 10.2. The molecule has 20 heavy (non-hydrogen) atoms. The summed E-state index contributed by atoms with van der Waals surface area (Å²) in [4.78, 5) is 8.78. The molecule has 0 bridgehead atoms. The topological polar surface area (TPSA) is 52.8 Å². The van der Waals surface area contributed by atoms with E-state index in [-0.39, 0.29) is 11.8 Å². The lowest BCUT2D eigenvalue weighted by Gasteiger charge is -2.11. The lowest BCUT2D eigenvalue weighted by molar-refractivity contribution is 0.462. The zero-order valence-electron chi connectivity index (χ0n) is 12.4. The maximum absolute atomic E-state index is 5.97. The minimum atomic E-state index is 0.257. The number of halogens is 1. The summed E-state index contributed by atoms with van der Waals surface area (Å²) in [5, 5.41) is 4.33. The van der Waals surface area contributed by atoms with Crippen molar-refractivity contribution >= 4 is 11.6 Å². The molecule has 0 radical (unpaired) electrons. The molecule has 6 heteroatoms. The Morgan fingerprint density at radius 1 is 1.35 bits per heavy atom. The first-order chi connectivity index (χ1) is 9.43. The fourth-order valence-corrected chi connectivity index (χ4v) is 2.08. The van der Waals surface area contributed by atoms with Gasteiger partial charge in [-0.2, -0.15) is 5.10 Å². The molecule has 2 aromatic rings. The van der Waals surface area contributed by atoms with Crippen LogP contribution in [-0.4, -0.2) is 19.7 Å². The van der Waals surface area contributed by atoms with E-state index < -0.39 is 0 Å². The Labute approximate surface area is 124 Å². The summed E-state index contributed by atoms with van der Waals surface area (Å²) in [5.41, 5.74) is 2.49. The van der Waals surface area contributed by atoms with Crippen molar-refractivity contribution in [3.05, 3.63) is 29.1 Å². The quantitative estimate of drug-likeness (QED) is 0.810. The second-order valence-electron chi connectivity index (χ2n) is 5.05. The molecule has 2 rings (SSSR count). The third kappa shape index (κ3) is 2.77. The second kappa shape index (κ2) is 5.79. The number of alkyl halides is 1. The van der Waals surface area contributed by atoms with Crippen LogP contribution in [0.2, 0.25) is 0 Å². The summed E-state index contributed by atoms with van der Waals surface area (Å²) in [6.07, 6.45) is 1.69. The highest BCUT2D eigenvalue weighted by atomic mass is 35.5. The average molecular weight is 295 g/mol. The predicted octanol–water partition coefficient (Wildman–Crippen LogP) is 3.48. The SMILES string of the molecule is Cc1nn(C)c(C)c1Oc1cnc(C(C)C)nc1CCl. The number of aryl methyl sites for hydroxylation is 2. The van der Waals surface area contributed by atoms with Crippen LogP contribution in [0.4, 0.5) is 0 Å². The number of ether oxygens (including phenoxy) is 1. The first kappa shape index (κ1) is 14.8. The van der Waals surface area contributed by atoms with Crippen LogP contribution in [0.15, 0.2) is 6.20 Å². The predicted molar refractivity (Wildman–Crippen MR) is 78.4 cm³/mol. The van der Waals surface area contributed by atoms with E-state index in [0.717, 1.165) is 23.0 Å². The molecule has 0 amide bonds. The molecule has 108 valence electrons. The average Bonchev–Trinajstić information content (AvgIpc) is 2.65. The van der Waals surface area contributed by atoms with Crippen LogP contribution in [0, 0.1) is 13.8 Å². The van der Waals surface area contributed by atoms with Gasteiger partial charge in [0.15, 0.2) is 11.5 Å². The molecule has 0 aromatic carbocycles. The smallest absolute Gasteiger partial charge is 0.171 e. The molecule has 0 saturated heterocycles. The Kier molecular flexibility index (Phi) is 4.28. The van der Waals surface area contributed by atoms with Crippen molar-refractivity contribution in [1.82, 2.24) is 19.7 Å². The number of rotatable bonds is 4. The molecule has 0 atom stereocenters. The molecule has 0 saturated carbocycles. The van der Waals surface area contributed by atoms with Crippen molar-refractivity contribution in [3.63, 3.8) is 0 Å². The summed E-state index contributed by atoms with van der Waals surface area (Å²) in [7, 11) is 1.88. The number of aromatic nitrogens is 4. The van der Waals surface area contributed by atoms with Gasteiger partial charge in [-0.15, -0.1) is 11.6 Å². The molecule has 5 nitrogen and oxygen atoms in total. The van der Waals surface area contributed by atoms with Crippen molar-refractivity contribution in [1.29, 1.82) is 0 Å². The van der Waals surface area contributed by atoms with E-state index in [0.29, 0.717) is 11.4 Å². The monoisotopic (exact) mass is 294 g/mol. The Morgan fingerprint density at radius 2 is 2.05 bits per heavy atom. The fraction of sp³-hybridized carbons (Fsp3) is 0.500. The molecule has 0 aliphatic carbocycles. The summed E-state index contributed by atoms with van der Waals surface area (Å²) in [5.74, 6) is 2.64. The van der Waals surface area contributed by atoms with Crippen LogP contribution in [0.3, 0.4) is 0 Å². The van der Waals surface area contributed by atoms with E-state index in [1.54, 1.807) is 10.9 Å². The van der Waals surface area contributed by atoms with Gasteiger partial charge in [0.25, 0.3) is 0 Å². The van der Waals surface area contributed by atoms with Crippen molar-refractivity contribution < 1.29 is 4.74 Å². The van der Waals surface area contributed by atoms with Gasteiger partial charge >= 0.3 is 0 Å². The van der Waals surface area contributed by atoms with Crippen LogP contribution < -0.4 is 4.74 Å². The van der Waals surface area contributed by atoms with Crippen LogP contribution in [0.5, 0.6) is 11.5 Å². The minimum absolute atomic E-state index is 0.257. The minimum Gasteiger partial charge on any atom is -0.450 e. The number of nitrogens with zero attached hydrogens (tertiary/aromatic N) is 4. The molecule has 0 N–H and O–H groups in total. The Hall–Kier alpha value is -1.62. The van der Waals surface area contributed by atoms with Crippen LogP contribution in [0.1, 0.15) is 42.7 Å². The van der Waals surface area contributed by atoms with Gasteiger partial charge in [0.05, 0.1) is 17.8 Å². The van der Waals surface area contributed by atoms with E-state index in [9.17, 15) is 0 Å². The maximum Gasteiger partial charge on any atom is 0.171 e. The fourth-order valence-electron chi connectivity index (χ4n) is 1.89. The molecule has 0 unspecified atom stereocenters. The molecule has 0 aliphatic heterocycles. The van der Waals surface area contributed by atoms with Crippen molar-refractivity contribution in [2.24, 2.45) is 7.05 Å². The van der Waals surface area contributed by atoms with Crippen molar-refractivity contribution in [3.8, 4) is 11.5 Å². The number of hydrogen-bond acceptors (Lipinski definition) is 4. The summed E-state index contributed by atoms with van der Waals surface area (Å²) >= 11 is 5.97. The summed E-state index contributed by atoms with van der Waals surface area (Å²) < 4.78 is 7.71. The molecule has 0 aliphatic rings. The summed E-state index contributed by atoms with van der Waals surface area (Å²) in [6, 6.07) is 0. The Balaban J connectivity index is 2.38. The molecular weight excluding hydrogens is 276 g/mol. The standard InChI is InChI=1S/C14H19ClN4O/c1-8(2)14-16-7-12(11(6-15)17-14)20-13-9(3)18-19(5)10(13)4/h7-8H,6H2,1-5H3. The van der Waals surface area contributed by atoms with Crippen LogP contribution in [-0.2, 0) is 12.9 Å². The third-order valence-electron chi connectivity index (χ3n) is 3.15. The van der Waals surface area contributed by atoms with Gasteiger partial charge in [-0.05, 0) is 13.8 Å². The van der Waals surface area contributed by atoms with Gasteiger partial charge in [-0.25, -0.2) is 9.97 Å². The van der Waals surface area contributed by atoms with Gasteiger partial charge in [0.2, 0.25) is 0 Å². The van der Waals surface area contributed by atoms with E-state index in [2.05, 4.69) is 15.1 Å². The number of hydrogen-bond donors (Lipinski definition) is 0. The van der Waals surface area contributed by atoms with Gasteiger partial charge < -0.3 is 4.74 Å². The third-order valence-corrected chi connectivity index (χ3v) is 3.40. The largest absolute Gasteiger partial charge is 0.450 e. The van der Waals surface area contributed by atoms with Gasteiger partial charge in [-0.1, -0.05) is 13.8 Å². The van der Waals surface area contributed by atoms with Gasteiger partial charge in [0.1, 0.15) is 17.2 Å². The zero-order chi connectivity index (χ0) is 14.9. The van der Waals surface area contributed by atoms with E-state index in [4.69, 9.17) is 16.3 Å². The molecule has 0 fully saturated rings. The highest BCUT2D eigenvalue weighted by molar-refractivity contribution is 6.17. The molecule has 2 heterocycles. The molecule has 0 spiro atoms. The highest BCUT2D eigenvalue weighted by Gasteiger charge is 2.16. The molecular formula is C14H19ClN4O. The first-order valence-electron chi connectivity index (χ1n) is 6.53. The van der Waals surface area contributed by atoms with Crippen LogP contribution in [0.25, 0.3) is 0 Å². The zero-order valence-corrected chi connectivity index (χ0v) is 13.2. The normalized spacial score (nSPS) is 11.2. The first-order valence-corrected chi connectivity index (χ1v) is 7.07. The van der Waals surface area contributed by atoms with Crippen molar-refractivity contribution in [2.75, 3.05) is 0 Å². The Morgan fingerprint density at radius 3 is 2.55 bits per heavy atom. The lowest BCUT2D eigenvalue weighted by Crippen LogP contribution is -2.03. The molecule has 2 aromatic heterocycles. The van der Waals surface area contributed by atoms with Gasteiger partial charge in [-0.3, -0.25) is 4.68 Å². The van der Waals surface area contributed by atoms with Crippen LogP contribution >= 0.6 is 11.6 Å². The van der Waals surface area contributed by atoms with Crippen molar-refractivity contribution in [2.45, 2.75) is 39.5 Å². The van der Waals surface area contributed by atoms with Gasteiger partial charge in [0, 0.05) is 13.0 Å². The van der Waals surface area contributed by atoms with E-state index in [1.165, 1.54) is 0 Å². The summed E-state index contributed by atoms with van der Waals surface area (Å²) in [6.45, 7) is 7.96. The van der Waals surface area contributed by atoms with E-state index in [1.807, 2.05) is 34.7 Å². The highest BCUT2D eigenvalue weighted by Crippen LogP contribution is 2.30. The van der Waals surface area contributed by atoms with E-state index >= 15 is 0 Å². The maximum atomic E-state index is 5.97.